The van der Waals surface area contributed by atoms with Gasteiger partial charge in [-0.15, -0.1) is 0 Å². The van der Waals surface area contributed by atoms with Crippen molar-refractivity contribution >= 4 is 5.95 Å². The zero-order valence-electron chi connectivity index (χ0n) is 9.33. The molecule has 0 amide bonds. The molecule has 4 heteroatoms. The molecular formula is C10H18N4. The number of hydrogen-bond donors (Lipinski definition) is 1. The van der Waals surface area contributed by atoms with Gasteiger partial charge in [0.2, 0.25) is 5.95 Å². The summed E-state index contributed by atoms with van der Waals surface area (Å²) in [6.07, 6.45) is 0. The van der Waals surface area contributed by atoms with Gasteiger partial charge in [0.05, 0.1) is 0 Å². The van der Waals surface area contributed by atoms with Crippen LogP contribution in [0, 0.1) is 18.3 Å². The number of aryl methyl sites for hydroxylation is 1. The van der Waals surface area contributed by atoms with E-state index in [0.29, 0.717) is 11.3 Å². The summed E-state index contributed by atoms with van der Waals surface area (Å²) < 4.78 is 1.98. The van der Waals surface area contributed by atoms with E-state index in [-0.39, 0.29) is 0 Å². The number of rotatable bonds is 0. The van der Waals surface area contributed by atoms with Gasteiger partial charge in [-0.1, -0.05) is 20.8 Å². The second kappa shape index (κ2) is 2.97. The van der Waals surface area contributed by atoms with Gasteiger partial charge >= 0.3 is 0 Å². The van der Waals surface area contributed by atoms with Gasteiger partial charge in [-0.25, -0.2) is 4.68 Å². The Morgan fingerprint density at radius 3 is 2.79 bits per heavy atom. The Morgan fingerprint density at radius 1 is 1.43 bits per heavy atom. The first-order chi connectivity index (χ1) is 6.47. The van der Waals surface area contributed by atoms with Crippen LogP contribution in [0.5, 0.6) is 0 Å². The highest BCUT2D eigenvalue weighted by atomic mass is 15.4. The van der Waals surface area contributed by atoms with Crippen LogP contribution in [0.2, 0.25) is 0 Å². The van der Waals surface area contributed by atoms with Gasteiger partial charge in [-0.2, -0.15) is 10.1 Å². The summed E-state index contributed by atoms with van der Waals surface area (Å²) in [5, 5.41) is 7.69. The van der Waals surface area contributed by atoms with E-state index in [4.69, 9.17) is 0 Å². The maximum Gasteiger partial charge on any atom is 0.221 e. The third-order valence-electron chi connectivity index (χ3n) is 2.90. The van der Waals surface area contributed by atoms with Gasteiger partial charge in [-0.05, 0) is 12.3 Å². The second-order valence-electron chi connectivity index (χ2n) is 5.11. The Labute approximate surface area is 84.7 Å². The van der Waals surface area contributed by atoms with Crippen LogP contribution in [-0.4, -0.2) is 21.3 Å². The molecular weight excluding hydrogens is 176 g/mol. The third kappa shape index (κ3) is 1.61. The first-order valence-corrected chi connectivity index (χ1v) is 5.12. The quantitative estimate of drug-likeness (QED) is 0.683. The largest absolute Gasteiger partial charge is 0.354 e. The standard InChI is InChI=1S/C10H18N4/c1-7-12-9-11-5-8(10(2,3)4)6-14(9)13-7/h8H,5-6H2,1-4H3,(H,11,12,13). The molecule has 0 bridgehead atoms. The minimum Gasteiger partial charge on any atom is -0.354 e. The van der Waals surface area contributed by atoms with E-state index in [1.165, 1.54) is 0 Å². The van der Waals surface area contributed by atoms with Crippen LogP contribution in [0.15, 0.2) is 0 Å². The van der Waals surface area contributed by atoms with E-state index in [2.05, 4.69) is 36.2 Å². The topological polar surface area (TPSA) is 42.7 Å². The molecule has 0 saturated heterocycles. The number of nitrogens with zero attached hydrogens (tertiary/aromatic N) is 3. The predicted octanol–water partition coefficient (Wildman–Crippen LogP) is 1.67. The Balaban J connectivity index is 2.21. The zero-order chi connectivity index (χ0) is 10.3. The van der Waals surface area contributed by atoms with Crippen LogP contribution in [0.4, 0.5) is 5.95 Å². The average Bonchev–Trinajstić information content (AvgIpc) is 2.41. The second-order valence-corrected chi connectivity index (χ2v) is 5.11. The third-order valence-corrected chi connectivity index (χ3v) is 2.90. The first-order valence-electron chi connectivity index (χ1n) is 5.12. The molecule has 1 aliphatic heterocycles. The molecule has 1 unspecified atom stereocenters. The fourth-order valence-electron chi connectivity index (χ4n) is 1.78. The van der Waals surface area contributed by atoms with E-state index >= 15 is 0 Å². The number of aromatic nitrogens is 3. The summed E-state index contributed by atoms with van der Waals surface area (Å²) in [4.78, 5) is 4.31. The Morgan fingerprint density at radius 2 is 2.14 bits per heavy atom. The highest BCUT2D eigenvalue weighted by Gasteiger charge is 2.29. The molecule has 1 aromatic rings. The lowest BCUT2D eigenvalue weighted by Crippen LogP contribution is -2.36. The van der Waals surface area contributed by atoms with Gasteiger partial charge < -0.3 is 5.32 Å². The maximum absolute atomic E-state index is 4.36. The van der Waals surface area contributed by atoms with Crippen molar-refractivity contribution in [3.63, 3.8) is 0 Å². The predicted molar refractivity (Wildman–Crippen MR) is 56.2 cm³/mol. The van der Waals surface area contributed by atoms with E-state index in [0.717, 1.165) is 24.9 Å². The lowest BCUT2D eigenvalue weighted by atomic mass is 9.80. The fraction of sp³-hybridized carbons (Fsp3) is 0.800. The van der Waals surface area contributed by atoms with Crippen molar-refractivity contribution in [2.24, 2.45) is 11.3 Å². The molecule has 78 valence electrons. The van der Waals surface area contributed by atoms with Crippen molar-refractivity contribution < 1.29 is 0 Å². The summed E-state index contributed by atoms with van der Waals surface area (Å²) in [6.45, 7) is 10.7. The van der Waals surface area contributed by atoms with Gasteiger partial charge in [-0.3, -0.25) is 0 Å². The maximum atomic E-state index is 4.36. The van der Waals surface area contributed by atoms with Crippen LogP contribution in [-0.2, 0) is 6.54 Å². The van der Waals surface area contributed by atoms with Crippen LogP contribution in [0.25, 0.3) is 0 Å². The normalized spacial score (nSPS) is 21.6. The van der Waals surface area contributed by atoms with Gasteiger partial charge in [0.1, 0.15) is 5.82 Å². The smallest absolute Gasteiger partial charge is 0.221 e. The molecule has 2 rings (SSSR count). The van der Waals surface area contributed by atoms with Crippen molar-refractivity contribution in [3.8, 4) is 0 Å². The molecule has 1 atom stereocenters. The van der Waals surface area contributed by atoms with E-state index in [9.17, 15) is 0 Å². The number of nitrogens with one attached hydrogen (secondary N) is 1. The lowest BCUT2D eigenvalue weighted by Gasteiger charge is -2.34. The molecule has 1 N–H and O–H groups in total. The summed E-state index contributed by atoms with van der Waals surface area (Å²) in [5.74, 6) is 2.39. The summed E-state index contributed by atoms with van der Waals surface area (Å²) in [5.41, 5.74) is 0.324. The molecule has 14 heavy (non-hydrogen) atoms. The van der Waals surface area contributed by atoms with Gasteiger partial charge in [0.25, 0.3) is 0 Å². The Bertz CT molecular complexity index is 334. The van der Waals surface area contributed by atoms with Crippen molar-refractivity contribution in [3.05, 3.63) is 5.82 Å². The fourth-order valence-corrected chi connectivity index (χ4v) is 1.78. The first kappa shape index (κ1) is 9.49. The van der Waals surface area contributed by atoms with Crippen molar-refractivity contribution in [2.75, 3.05) is 11.9 Å². The molecule has 1 aromatic heterocycles. The summed E-state index contributed by atoms with van der Waals surface area (Å²) in [6, 6.07) is 0. The molecule has 0 radical (unpaired) electrons. The van der Waals surface area contributed by atoms with Crippen LogP contribution < -0.4 is 5.32 Å². The molecule has 0 saturated carbocycles. The van der Waals surface area contributed by atoms with E-state index in [1.54, 1.807) is 0 Å². The van der Waals surface area contributed by atoms with Gasteiger partial charge in [0, 0.05) is 19.0 Å². The highest BCUT2D eigenvalue weighted by molar-refractivity contribution is 5.27. The number of anilines is 1. The Kier molecular flexibility index (Phi) is 2.01. The minimum atomic E-state index is 0.324. The van der Waals surface area contributed by atoms with Crippen molar-refractivity contribution in [1.82, 2.24) is 14.8 Å². The molecule has 0 aliphatic carbocycles. The van der Waals surface area contributed by atoms with Crippen molar-refractivity contribution in [2.45, 2.75) is 34.2 Å². The number of hydrogen-bond acceptors (Lipinski definition) is 3. The summed E-state index contributed by atoms with van der Waals surface area (Å²) in [7, 11) is 0. The lowest BCUT2D eigenvalue weighted by molar-refractivity contribution is 0.208. The van der Waals surface area contributed by atoms with Crippen LogP contribution >= 0.6 is 0 Å². The zero-order valence-corrected chi connectivity index (χ0v) is 9.33. The number of fused-ring (bicyclic) bond motifs is 1. The van der Waals surface area contributed by atoms with Crippen molar-refractivity contribution in [1.29, 1.82) is 0 Å². The molecule has 4 nitrogen and oxygen atoms in total. The molecule has 0 fully saturated rings. The SMILES string of the molecule is Cc1nc2n(n1)CC(C(C)(C)C)CN2. The van der Waals surface area contributed by atoms with Crippen LogP contribution in [0.3, 0.4) is 0 Å². The average molecular weight is 194 g/mol. The monoisotopic (exact) mass is 194 g/mol. The minimum absolute atomic E-state index is 0.324. The molecule has 2 heterocycles. The molecule has 0 aromatic carbocycles. The molecule has 1 aliphatic rings. The highest BCUT2D eigenvalue weighted by Crippen LogP contribution is 2.30. The van der Waals surface area contributed by atoms with E-state index in [1.807, 2.05) is 11.6 Å². The van der Waals surface area contributed by atoms with Crippen LogP contribution in [0.1, 0.15) is 26.6 Å². The Hall–Kier alpha value is -1.06. The molecule has 0 spiro atoms. The van der Waals surface area contributed by atoms with Gasteiger partial charge in [0.15, 0.2) is 0 Å². The summed E-state index contributed by atoms with van der Waals surface area (Å²) >= 11 is 0. The van der Waals surface area contributed by atoms with E-state index < -0.39 is 0 Å².